The summed E-state index contributed by atoms with van der Waals surface area (Å²) in [6.07, 6.45) is 2.90. The Kier molecular flexibility index (Phi) is 7.39. The standard InChI is InChI=1S/C12H26N2O/c1-6-7-10(4)14-11(5)8-12(15)13-9(2)3/h9-11,14H,6-8H2,1-5H3,(H,13,15). The van der Waals surface area contributed by atoms with Gasteiger partial charge in [0.05, 0.1) is 0 Å². The van der Waals surface area contributed by atoms with Gasteiger partial charge in [0.2, 0.25) is 5.91 Å². The summed E-state index contributed by atoms with van der Waals surface area (Å²) < 4.78 is 0. The van der Waals surface area contributed by atoms with Crippen LogP contribution in [0, 0.1) is 0 Å². The second-order valence-corrected chi connectivity index (χ2v) is 4.68. The summed E-state index contributed by atoms with van der Waals surface area (Å²) in [6, 6.07) is 0.986. The van der Waals surface area contributed by atoms with Gasteiger partial charge in [0.25, 0.3) is 0 Å². The predicted molar refractivity (Wildman–Crippen MR) is 64.9 cm³/mol. The van der Waals surface area contributed by atoms with Crippen LogP contribution in [0.2, 0.25) is 0 Å². The number of hydrogen-bond acceptors (Lipinski definition) is 2. The third-order valence-electron chi connectivity index (χ3n) is 2.23. The first-order chi connectivity index (χ1) is 6.95. The Labute approximate surface area is 94.0 Å². The maximum absolute atomic E-state index is 11.5. The summed E-state index contributed by atoms with van der Waals surface area (Å²) in [6.45, 7) is 10.4. The van der Waals surface area contributed by atoms with Crippen LogP contribution in [0.5, 0.6) is 0 Å². The Morgan fingerprint density at radius 2 is 1.73 bits per heavy atom. The van der Waals surface area contributed by atoms with E-state index >= 15 is 0 Å². The lowest BCUT2D eigenvalue weighted by molar-refractivity contribution is -0.122. The number of amides is 1. The molecule has 0 rings (SSSR count). The fraction of sp³-hybridized carbons (Fsp3) is 0.917. The minimum Gasteiger partial charge on any atom is -0.354 e. The van der Waals surface area contributed by atoms with Gasteiger partial charge < -0.3 is 10.6 Å². The number of nitrogens with one attached hydrogen (secondary N) is 2. The molecule has 0 aliphatic carbocycles. The molecule has 0 fully saturated rings. The van der Waals surface area contributed by atoms with E-state index < -0.39 is 0 Å². The third-order valence-corrected chi connectivity index (χ3v) is 2.23. The summed E-state index contributed by atoms with van der Waals surface area (Å²) in [7, 11) is 0. The van der Waals surface area contributed by atoms with E-state index in [0.29, 0.717) is 12.5 Å². The van der Waals surface area contributed by atoms with Crippen LogP contribution in [0.4, 0.5) is 0 Å². The van der Waals surface area contributed by atoms with E-state index in [1.165, 1.54) is 6.42 Å². The highest BCUT2D eigenvalue weighted by molar-refractivity contribution is 5.76. The molecule has 0 spiro atoms. The summed E-state index contributed by atoms with van der Waals surface area (Å²) in [4.78, 5) is 11.5. The second-order valence-electron chi connectivity index (χ2n) is 4.68. The van der Waals surface area contributed by atoms with E-state index in [1.807, 2.05) is 13.8 Å². The lowest BCUT2D eigenvalue weighted by atomic mass is 10.1. The molecule has 3 heteroatoms. The minimum absolute atomic E-state index is 0.133. The summed E-state index contributed by atoms with van der Waals surface area (Å²) in [5.74, 6) is 0.133. The molecule has 0 bridgehead atoms. The molecule has 1 amide bonds. The molecular weight excluding hydrogens is 188 g/mol. The zero-order valence-electron chi connectivity index (χ0n) is 10.8. The first-order valence-corrected chi connectivity index (χ1v) is 6.01. The molecule has 2 N–H and O–H groups in total. The Hall–Kier alpha value is -0.570. The molecule has 0 aliphatic heterocycles. The highest BCUT2D eigenvalue weighted by atomic mass is 16.1. The summed E-state index contributed by atoms with van der Waals surface area (Å²) in [5.41, 5.74) is 0. The van der Waals surface area contributed by atoms with Crippen molar-refractivity contribution in [2.45, 2.75) is 72.0 Å². The Balaban J connectivity index is 3.72. The molecule has 0 radical (unpaired) electrons. The zero-order chi connectivity index (χ0) is 11.8. The molecule has 90 valence electrons. The van der Waals surface area contributed by atoms with Gasteiger partial charge in [-0.1, -0.05) is 13.3 Å². The molecule has 0 saturated heterocycles. The predicted octanol–water partition coefficient (Wildman–Crippen LogP) is 2.07. The van der Waals surface area contributed by atoms with E-state index in [4.69, 9.17) is 0 Å². The van der Waals surface area contributed by atoms with Crippen molar-refractivity contribution in [2.75, 3.05) is 0 Å². The smallest absolute Gasteiger partial charge is 0.221 e. The molecule has 0 saturated carbocycles. The topological polar surface area (TPSA) is 41.1 Å². The highest BCUT2D eigenvalue weighted by Crippen LogP contribution is 1.99. The lowest BCUT2D eigenvalue weighted by Gasteiger charge is -2.19. The molecule has 0 heterocycles. The van der Waals surface area contributed by atoms with Gasteiger partial charge in [0.15, 0.2) is 0 Å². The van der Waals surface area contributed by atoms with Gasteiger partial charge in [-0.05, 0) is 34.1 Å². The van der Waals surface area contributed by atoms with Crippen molar-refractivity contribution in [1.82, 2.24) is 10.6 Å². The summed E-state index contributed by atoms with van der Waals surface area (Å²) >= 11 is 0. The van der Waals surface area contributed by atoms with E-state index in [1.54, 1.807) is 0 Å². The fourth-order valence-electron chi connectivity index (χ4n) is 1.72. The number of rotatable bonds is 7. The first kappa shape index (κ1) is 14.4. The van der Waals surface area contributed by atoms with Crippen LogP contribution in [0.1, 0.15) is 53.9 Å². The van der Waals surface area contributed by atoms with Crippen molar-refractivity contribution in [3.63, 3.8) is 0 Å². The SMILES string of the molecule is CCCC(C)NC(C)CC(=O)NC(C)C. The van der Waals surface area contributed by atoms with Gasteiger partial charge in [-0.3, -0.25) is 4.79 Å². The van der Waals surface area contributed by atoms with Gasteiger partial charge in [-0.2, -0.15) is 0 Å². The van der Waals surface area contributed by atoms with E-state index in [9.17, 15) is 4.79 Å². The monoisotopic (exact) mass is 214 g/mol. The minimum atomic E-state index is 0.133. The molecule has 0 aromatic heterocycles. The van der Waals surface area contributed by atoms with Crippen LogP contribution in [0.3, 0.4) is 0 Å². The Morgan fingerprint density at radius 1 is 1.13 bits per heavy atom. The molecule has 0 aliphatic rings. The maximum Gasteiger partial charge on any atom is 0.221 e. The zero-order valence-corrected chi connectivity index (χ0v) is 10.8. The number of hydrogen-bond donors (Lipinski definition) is 2. The lowest BCUT2D eigenvalue weighted by Crippen LogP contribution is -2.40. The molecule has 2 unspecified atom stereocenters. The Morgan fingerprint density at radius 3 is 2.20 bits per heavy atom. The quantitative estimate of drug-likeness (QED) is 0.681. The maximum atomic E-state index is 11.5. The average Bonchev–Trinajstić information content (AvgIpc) is 2.00. The summed E-state index contributed by atoms with van der Waals surface area (Å²) in [5, 5.41) is 6.32. The van der Waals surface area contributed by atoms with E-state index in [2.05, 4.69) is 31.4 Å². The molecular formula is C12H26N2O. The van der Waals surface area contributed by atoms with Crippen molar-refractivity contribution in [1.29, 1.82) is 0 Å². The Bertz CT molecular complexity index is 180. The van der Waals surface area contributed by atoms with Gasteiger partial charge in [0.1, 0.15) is 0 Å². The molecule has 3 nitrogen and oxygen atoms in total. The first-order valence-electron chi connectivity index (χ1n) is 6.01. The highest BCUT2D eigenvalue weighted by Gasteiger charge is 2.11. The number of carbonyl (C=O) groups is 1. The van der Waals surface area contributed by atoms with Gasteiger partial charge in [-0.25, -0.2) is 0 Å². The second kappa shape index (κ2) is 7.69. The fourth-order valence-corrected chi connectivity index (χ4v) is 1.72. The van der Waals surface area contributed by atoms with Crippen LogP contribution in [-0.4, -0.2) is 24.0 Å². The average molecular weight is 214 g/mol. The molecule has 15 heavy (non-hydrogen) atoms. The van der Waals surface area contributed by atoms with Crippen molar-refractivity contribution in [3.05, 3.63) is 0 Å². The molecule has 0 aromatic carbocycles. The molecule has 0 aromatic rings. The van der Waals surface area contributed by atoms with Gasteiger partial charge in [0, 0.05) is 24.5 Å². The van der Waals surface area contributed by atoms with Crippen molar-refractivity contribution in [2.24, 2.45) is 0 Å². The van der Waals surface area contributed by atoms with E-state index in [0.717, 1.165) is 6.42 Å². The van der Waals surface area contributed by atoms with Crippen molar-refractivity contribution >= 4 is 5.91 Å². The van der Waals surface area contributed by atoms with Crippen LogP contribution < -0.4 is 10.6 Å². The number of carbonyl (C=O) groups excluding carboxylic acids is 1. The van der Waals surface area contributed by atoms with Gasteiger partial charge in [-0.15, -0.1) is 0 Å². The van der Waals surface area contributed by atoms with Crippen molar-refractivity contribution in [3.8, 4) is 0 Å². The normalized spacial score (nSPS) is 15.1. The van der Waals surface area contributed by atoms with Crippen LogP contribution in [0.25, 0.3) is 0 Å². The van der Waals surface area contributed by atoms with E-state index in [-0.39, 0.29) is 18.0 Å². The third kappa shape index (κ3) is 8.43. The van der Waals surface area contributed by atoms with Gasteiger partial charge >= 0.3 is 0 Å². The molecule has 2 atom stereocenters. The van der Waals surface area contributed by atoms with Crippen LogP contribution in [-0.2, 0) is 4.79 Å². The van der Waals surface area contributed by atoms with Crippen molar-refractivity contribution < 1.29 is 4.79 Å². The van der Waals surface area contributed by atoms with Crippen LogP contribution in [0.15, 0.2) is 0 Å². The van der Waals surface area contributed by atoms with Crippen LogP contribution >= 0.6 is 0 Å². The largest absolute Gasteiger partial charge is 0.354 e.